The van der Waals surface area contributed by atoms with Gasteiger partial charge in [0.15, 0.2) is 12.1 Å². The van der Waals surface area contributed by atoms with Crippen molar-refractivity contribution >= 4 is 58.9 Å². The standard InChI is InChI=1S/C21H19NO5.C14H15NO4.C7H5IO/c1-14(24)19(21(26)27-2)22-20(25)18-11-9-16(10-12-18)4-3-15-5-7-17(13-23)8-6-15;1-4-10-5-7-11(8-6-10)13(17)15-12(9(2)16)14(18)19-3;8-7-3-1-6(5-9)2-4-7/h5-14,19,24H,1-2H3,(H,22,25);1,5-9,12,16H,2-3H3,(H,15,17);1-5H/t14-,19?;9-,12?;/m11./s1. The molecule has 2 unspecified atom stereocenters. The zero-order valence-electron chi connectivity index (χ0n) is 30.3. The predicted molar refractivity (Wildman–Crippen MR) is 213 cm³/mol. The Morgan fingerprint density at radius 2 is 0.945 bits per heavy atom. The molecule has 4 rings (SSSR count). The molecule has 0 aliphatic rings. The Labute approximate surface area is 332 Å². The average molecular weight is 859 g/mol. The molecule has 2 amide bonds. The van der Waals surface area contributed by atoms with Crippen LogP contribution in [0.1, 0.15) is 72.0 Å². The topological polar surface area (TPSA) is 185 Å². The average Bonchev–Trinajstić information content (AvgIpc) is 3.21. The summed E-state index contributed by atoms with van der Waals surface area (Å²) >= 11 is 2.20. The summed E-state index contributed by atoms with van der Waals surface area (Å²) in [7, 11) is 2.37. The number of carbonyl (C=O) groups excluding carboxylic acids is 6. The van der Waals surface area contributed by atoms with E-state index in [2.05, 4.69) is 60.5 Å². The minimum absolute atomic E-state index is 0.324. The molecule has 0 saturated heterocycles. The normalized spacial score (nSPS) is 11.9. The van der Waals surface area contributed by atoms with Crippen LogP contribution in [0.3, 0.4) is 0 Å². The number of halogens is 1. The maximum atomic E-state index is 12.2. The molecule has 13 heteroatoms. The third-order valence-electron chi connectivity index (χ3n) is 7.31. The van der Waals surface area contributed by atoms with Gasteiger partial charge in [-0.1, -0.05) is 42.0 Å². The number of hydrogen-bond acceptors (Lipinski definition) is 10. The number of carbonyl (C=O) groups is 6. The van der Waals surface area contributed by atoms with Crippen LogP contribution >= 0.6 is 22.6 Å². The van der Waals surface area contributed by atoms with Gasteiger partial charge in [-0.15, -0.1) is 6.42 Å². The van der Waals surface area contributed by atoms with Gasteiger partial charge >= 0.3 is 11.9 Å². The zero-order valence-corrected chi connectivity index (χ0v) is 32.5. The Bertz CT molecular complexity index is 2010. The Hall–Kier alpha value is -6.13. The van der Waals surface area contributed by atoms with E-state index >= 15 is 0 Å². The highest BCUT2D eigenvalue weighted by molar-refractivity contribution is 14.1. The van der Waals surface area contributed by atoms with Crippen molar-refractivity contribution in [2.24, 2.45) is 0 Å². The quantitative estimate of drug-likeness (QED) is 0.0788. The van der Waals surface area contributed by atoms with E-state index in [0.717, 1.165) is 27.3 Å². The van der Waals surface area contributed by atoms with E-state index in [4.69, 9.17) is 6.42 Å². The molecule has 12 nitrogen and oxygen atoms in total. The molecule has 0 radical (unpaired) electrons. The van der Waals surface area contributed by atoms with Crippen molar-refractivity contribution in [3.8, 4) is 24.2 Å². The highest BCUT2D eigenvalue weighted by atomic mass is 127. The lowest BCUT2D eigenvalue weighted by molar-refractivity contribution is -0.146. The van der Waals surface area contributed by atoms with E-state index in [1.54, 1.807) is 84.9 Å². The lowest BCUT2D eigenvalue weighted by atomic mass is 10.1. The fourth-order valence-corrected chi connectivity index (χ4v) is 4.57. The number of rotatable bonds is 10. The summed E-state index contributed by atoms with van der Waals surface area (Å²) in [4.78, 5) is 67.9. The summed E-state index contributed by atoms with van der Waals surface area (Å²) in [6.45, 7) is 2.78. The summed E-state index contributed by atoms with van der Waals surface area (Å²) in [6, 6.07) is 24.9. The summed E-state index contributed by atoms with van der Waals surface area (Å²) in [5.41, 5.74) is 4.09. The Kier molecular flexibility index (Phi) is 19.3. The number of esters is 2. The fourth-order valence-electron chi connectivity index (χ4n) is 4.21. The SMILES string of the molecule is C#Cc1ccc(C(=O)NC(C(=O)OC)[C@@H](C)O)cc1.COC(=O)C(NC(=O)c1ccc(C#Cc2ccc(C=O)cc2)cc1)[C@@H](C)O.O=Cc1ccc(I)cc1. The molecule has 4 N–H and O–H groups in total. The van der Waals surface area contributed by atoms with Gasteiger partial charge in [0, 0.05) is 42.5 Å². The molecule has 0 aliphatic carbocycles. The van der Waals surface area contributed by atoms with E-state index in [-0.39, 0.29) is 0 Å². The van der Waals surface area contributed by atoms with E-state index in [1.807, 2.05) is 12.1 Å². The molecule has 0 bridgehead atoms. The van der Waals surface area contributed by atoms with Gasteiger partial charge in [-0.3, -0.25) is 19.2 Å². The first-order valence-electron chi connectivity index (χ1n) is 16.3. The number of terminal acetylenes is 1. The van der Waals surface area contributed by atoms with Crippen LogP contribution in [0.15, 0.2) is 97.1 Å². The summed E-state index contributed by atoms with van der Waals surface area (Å²) < 4.78 is 10.2. The zero-order chi connectivity index (χ0) is 40.9. The van der Waals surface area contributed by atoms with Crippen LogP contribution in [0.2, 0.25) is 0 Å². The van der Waals surface area contributed by atoms with Crippen LogP contribution in [0.5, 0.6) is 0 Å². The molecular formula is C42H39IN2O10. The fraction of sp³-hybridized carbons (Fsp3) is 0.190. The van der Waals surface area contributed by atoms with Gasteiger partial charge in [-0.05, 0) is 109 Å². The van der Waals surface area contributed by atoms with Crippen LogP contribution in [0, 0.1) is 27.8 Å². The van der Waals surface area contributed by atoms with Crippen molar-refractivity contribution in [1.29, 1.82) is 0 Å². The van der Waals surface area contributed by atoms with E-state index in [9.17, 15) is 39.0 Å². The smallest absolute Gasteiger partial charge is 0.331 e. The molecule has 4 aromatic carbocycles. The molecule has 4 atom stereocenters. The third kappa shape index (κ3) is 15.4. The number of nitrogens with one attached hydrogen (secondary N) is 2. The molecule has 0 fully saturated rings. The van der Waals surface area contributed by atoms with Gasteiger partial charge in [0.25, 0.3) is 11.8 Å². The molecular weight excluding hydrogens is 819 g/mol. The van der Waals surface area contributed by atoms with Crippen LogP contribution < -0.4 is 10.6 Å². The molecule has 0 aromatic heterocycles. The number of ether oxygens (including phenoxy) is 2. The Balaban J connectivity index is 0.000000322. The van der Waals surface area contributed by atoms with E-state index in [0.29, 0.717) is 27.8 Å². The predicted octanol–water partition coefficient (Wildman–Crippen LogP) is 3.97. The van der Waals surface area contributed by atoms with Crippen molar-refractivity contribution in [2.45, 2.75) is 38.1 Å². The maximum Gasteiger partial charge on any atom is 0.331 e. The van der Waals surface area contributed by atoms with Crippen LogP contribution in [-0.4, -0.2) is 85.0 Å². The molecule has 0 spiro atoms. The monoisotopic (exact) mass is 858 g/mol. The van der Waals surface area contributed by atoms with Gasteiger partial charge in [0.1, 0.15) is 12.6 Å². The number of amides is 2. The number of hydrogen-bond donors (Lipinski definition) is 4. The first-order valence-corrected chi connectivity index (χ1v) is 17.4. The lowest BCUT2D eigenvalue weighted by Crippen LogP contribution is -2.48. The largest absolute Gasteiger partial charge is 0.467 e. The van der Waals surface area contributed by atoms with Gasteiger partial charge in [0.05, 0.1) is 26.4 Å². The van der Waals surface area contributed by atoms with Crippen molar-refractivity contribution in [2.75, 3.05) is 14.2 Å². The van der Waals surface area contributed by atoms with E-state index < -0.39 is 48.0 Å². The lowest BCUT2D eigenvalue weighted by Gasteiger charge is -2.18. The van der Waals surface area contributed by atoms with Gasteiger partial charge in [-0.2, -0.15) is 0 Å². The van der Waals surface area contributed by atoms with Gasteiger partial charge in [-0.25, -0.2) is 9.59 Å². The molecule has 0 saturated carbocycles. The number of aliphatic hydroxyl groups is 2. The van der Waals surface area contributed by atoms with Crippen molar-refractivity contribution < 1.29 is 48.5 Å². The molecule has 4 aromatic rings. The second-order valence-electron chi connectivity index (χ2n) is 11.4. The number of aldehydes is 2. The van der Waals surface area contributed by atoms with Crippen LogP contribution in [-0.2, 0) is 19.1 Å². The Morgan fingerprint density at radius 3 is 1.25 bits per heavy atom. The first kappa shape index (κ1) is 45.0. The van der Waals surface area contributed by atoms with Gasteiger partial charge < -0.3 is 30.3 Å². The molecule has 55 heavy (non-hydrogen) atoms. The second kappa shape index (κ2) is 23.5. The molecule has 0 aliphatic heterocycles. The molecule has 284 valence electrons. The van der Waals surface area contributed by atoms with Crippen LogP contribution in [0.25, 0.3) is 0 Å². The summed E-state index contributed by atoms with van der Waals surface area (Å²) in [5.74, 6) is 5.95. The molecule has 0 heterocycles. The number of methoxy groups -OCH3 is 2. The van der Waals surface area contributed by atoms with Crippen LogP contribution in [0.4, 0.5) is 0 Å². The van der Waals surface area contributed by atoms with Crippen molar-refractivity contribution in [3.05, 3.63) is 140 Å². The third-order valence-corrected chi connectivity index (χ3v) is 8.03. The Morgan fingerprint density at radius 1 is 0.618 bits per heavy atom. The highest BCUT2D eigenvalue weighted by Crippen LogP contribution is 2.08. The number of aliphatic hydroxyl groups excluding tert-OH is 2. The maximum absolute atomic E-state index is 12.2. The number of benzene rings is 4. The second-order valence-corrected chi connectivity index (χ2v) is 12.6. The van der Waals surface area contributed by atoms with E-state index in [1.165, 1.54) is 28.1 Å². The minimum atomic E-state index is -1.14. The van der Waals surface area contributed by atoms with Gasteiger partial charge in [0.2, 0.25) is 0 Å². The first-order chi connectivity index (χ1) is 26.3. The minimum Gasteiger partial charge on any atom is -0.467 e. The van der Waals surface area contributed by atoms with Crippen molar-refractivity contribution in [3.63, 3.8) is 0 Å². The highest BCUT2D eigenvalue weighted by Gasteiger charge is 2.27. The summed E-state index contributed by atoms with van der Waals surface area (Å²) in [5, 5.41) is 23.9. The summed E-state index contributed by atoms with van der Waals surface area (Å²) in [6.07, 6.45) is 4.68. The van der Waals surface area contributed by atoms with Crippen molar-refractivity contribution in [1.82, 2.24) is 10.6 Å².